The molecule has 116 valence electrons. The van der Waals surface area contributed by atoms with Gasteiger partial charge < -0.3 is 14.5 Å². The fraction of sp³-hybridized carbons (Fsp3) is 0.375. The van der Waals surface area contributed by atoms with E-state index < -0.39 is 0 Å². The van der Waals surface area contributed by atoms with Crippen LogP contribution in [0, 0.1) is 6.92 Å². The van der Waals surface area contributed by atoms with Crippen LogP contribution in [0.5, 0.6) is 0 Å². The molecule has 1 N–H and O–H groups in total. The molecule has 1 unspecified atom stereocenters. The summed E-state index contributed by atoms with van der Waals surface area (Å²) >= 11 is 5.99. The van der Waals surface area contributed by atoms with Gasteiger partial charge in [0, 0.05) is 26.2 Å². The van der Waals surface area contributed by atoms with E-state index in [0.717, 1.165) is 30.1 Å². The molecule has 1 atom stereocenters. The van der Waals surface area contributed by atoms with E-state index in [1.807, 2.05) is 42.9 Å². The van der Waals surface area contributed by atoms with Crippen molar-refractivity contribution < 1.29 is 0 Å². The number of aryl methyl sites for hydroxylation is 1. The van der Waals surface area contributed by atoms with E-state index in [1.165, 1.54) is 5.52 Å². The topological polar surface area (TPSA) is 47.7 Å². The Morgan fingerprint density at radius 1 is 1.32 bits per heavy atom. The molecule has 0 saturated carbocycles. The van der Waals surface area contributed by atoms with Gasteiger partial charge in [-0.05, 0) is 37.6 Å². The van der Waals surface area contributed by atoms with Gasteiger partial charge in [-0.3, -0.25) is 0 Å². The minimum atomic E-state index is 0.195. The summed E-state index contributed by atoms with van der Waals surface area (Å²) in [7, 11) is 1.93. The molecule has 6 heteroatoms. The minimum Gasteiger partial charge on any atom is -0.327 e. The highest BCUT2D eigenvalue weighted by Gasteiger charge is 2.12. The molecule has 0 aliphatic carbocycles. The molecule has 3 rings (SSSR count). The van der Waals surface area contributed by atoms with Crippen LogP contribution in [0.25, 0.3) is 11.0 Å². The molecule has 2 aromatic heterocycles. The summed E-state index contributed by atoms with van der Waals surface area (Å²) in [5.74, 6) is 1.04. The smallest absolute Gasteiger partial charge is 0.202 e. The molecule has 3 aromatic rings. The van der Waals surface area contributed by atoms with Crippen molar-refractivity contribution in [1.29, 1.82) is 0 Å². The van der Waals surface area contributed by atoms with Crippen LogP contribution in [0.2, 0.25) is 5.28 Å². The largest absolute Gasteiger partial charge is 0.327 e. The number of nitrogens with zero attached hydrogens (tertiary/aromatic N) is 4. The van der Waals surface area contributed by atoms with E-state index in [9.17, 15) is 0 Å². The van der Waals surface area contributed by atoms with Gasteiger partial charge in [-0.2, -0.15) is 0 Å². The Labute approximate surface area is 134 Å². The lowest BCUT2D eigenvalue weighted by Crippen LogP contribution is -2.25. The van der Waals surface area contributed by atoms with E-state index in [1.54, 1.807) is 0 Å². The van der Waals surface area contributed by atoms with Crippen LogP contribution in [0.1, 0.15) is 24.5 Å². The monoisotopic (exact) mass is 317 g/mol. The third kappa shape index (κ3) is 2.74. The molecule has 0 saturated heterocycles. The van der Waals surface area contributed by atoms with Gasteiger partial charge in [-0.15, -0.1) is 0 Å². The Morgan fingerprint density at radius 2 is 2.09 bits per heavy atom. The summed E-state index contributed by atoms with van der Waals surface area (Å²) in [5, 5.41) is 4.03. The summed E-state index contributed by atoms with van der Waals surface area (Å²) in [5.41, 5.74) is 3.31. The number of fused-ring (bicyclic) bond motifs is 1. The van der Waals surface area contributed by atoms with E-state index in [2.05, 4.69) is 32.8 Å². The lowest BCUT2D eigenvalue weighted by molar-refractivity contribution is 0.512. The van der Waals surface area contributed by atoms with Crippen molar-refractivity contribution in [3.63, 3.8) is 0 Å². The highest BCUT2D eigenvalue weighted by atomic mass is 35.5. The van der Waals surface area contributed by atoms with Crippen LogP contribution >= 0.6 is 11.6 Å². The van der Waals surface area contributed by atoms with Crippen molar-refractivity contribution in [2.45, 2.75) is 26.4 Å². The van der Waals surface area contributed by atoms with Gasteiger partial charge in [-0.1, -0.05) is 12.1 Å². The number of para-hydroxylation sites is 2. The number of halogens is 1. The maximum Gasteiger partial charge on any atom is 0.202 e. The van der Waals surface area contributed by atoms with Gasteiger partial charge in [0.2, 0.25) is 5.28 Å². The molecular weight excluding hydrogens is 298 g/mol. The molecule has 2 heterocycles. The molecule has 0 amide bonds. The first-order valence-electron chi connectivity index (χ1n) is 7.40. The Kier molecular flexibility index (Phi) is 4.18. The first-order chi connectivity index (χ1) is 10.6. The summed E-state index contributed by atoms with van der Waals surface area (Å²) in [6.07, 6.45) is 1.82. The van der Waals surface area contributed by atoms with Crippen molar-refractivity contribution in [3.05, 3.63) is 47.3 Å². The van der Waals surface area contributed by atoms with Crippen molar-refractivity contribution in [2.24, 2.45) is 7.05 Å². The standard InChI is InChI=1S/C16H20ClN5/c1-11(15-10-19-16(17)21(15)3)18-8-9-22-12(2)20-13-6-4-5-7-14(13)22/h4-7,10-11,18H,8-9H2,1-3H3. The molecule has 22 heavy (non-hydrogen) atoms. The number of benzene rings is 1. The zero-order chi connectivity index (χ0) is 15.7. The SMILES string of the molecule is Cc1nc2ccccc2n1CCNC(C)c1cnc(Cl)n1C. The molecule has 0 radical (unpaired) electrons. The van der Waals surface area contributed by atoms with Crippen LogP contribution in [-0.4, -0.2) is 25.6 Å². The van der Waals surface area contributed by atoms with Crippen LogP contribution in [0.15, 0.2) is 30.5 Å². The zero-order valence-electron chi connectivity index (χ0n) is 13.0. The summed E-state index contributed by atoms with van der Waals surface area (Å²) in [6.45, 7) is 5.89. The van der Waals surface area contributed by atoms with Crippen molar-refractivity contribution in [2.75, 3.05) is 6.54 Å². The lowest BCUT2D eigenvalue weighted by atomic mass is 10.2. The first-order valence-corrected chi connectivity index (χ1v) is 7.78. The molecule has 5 nitrogen and oxygen atoms in total. The van der Waals surface area contributed by atoms with E-state index in [0.29, 0.717) is 5.28 Å². The number of nitrogens with one attached hydrogen (secondary N) is 1. The Bertz CT molecular complexity index is 789. The molecule has 0 fully saturated rings. The van der Waals surface area contributed by atoms with Gasteiger partial charge in [-0.25, -0.2) is 9.97 Å². The van der Waals surface area contributed by atoms with E-state index in [-0.39, 0.29) is 6.04 Å². The van der Waals surface area contributed by atoms with Gasteiger partial charge in [0.1, 0.15) is 5.82 Å². The Balaban J connectivity index is 1.67. The third-order valence-corrected chi connectivity index (χ3v) is 4.39. The quantitative estimate of drug-likeness (QED) is 0.786. The molecule has 1 aromatic carbocycles. The van der Waals surface area contributed by atoms with E-state index >= 15 is 0 Å². The van der Waals surface area contributed by atoms with Gasteiger partial charge in [0.25, 0.3) is 0 Å². The Hall–Kier alpha value is -1.85. The summed E-state index contributed by atoms with van der Waals surface area (Å²) < 4.78 is 4.14. The van der Waals surface area contributed by atoms with Gasteiger partial charge >= 0.3 is 0 Å². The zero-order valence-corrected chi connectivity index (χ0v) is 13.8. The number of imidazole rings is 2. The minimum absolute atomic E-state index is 0.195. The first kappa shape index (κ1) is 15.1. The number of hydrogen-bond donors (Lipinski definition) is 1. The molecule has 0 aliphatic rings. The van der Waals surface area contributed by atoms with Crippen LogP contribution in [-0.2, 0) is 13.6 Å². The predicted molar refractivity (Wildman–Crippen MR) is 89.1 cm³/mol. The average molecular weight is 318 g/mol. The second-order valence-electron chi connectivity index (χ2n) is 5.49. The fourth-order valence-corrected chi connectivity index (χ4v) is 2.92. The highest BCUT2D eigenvalue weighted by Crippen LogP contribution is 2.17. The number of aromatic nitrogens is 4. The summed E-state index contributed by atoms with van der Waals surface area (Å²) in [6, 6.07) is 8.42. The predicted octanol–water partition coefficient (Wildman–Crippen LogP) is 3.08. The molecule has 0 spiro atoms. The third-order valence-electron chi connectivity index (χ3n) is 4.04. The normalized spacial score (nSPS) is 12.9. The maximum absolute atomic E-state index is 5.99. The van der Waals surface area contributed by atoms with Gasteiger partial charge in [0.05, 0.1) is 22.9 Å². The molecular formula is C16H20ClN5. The van der Waals surface area contributed by atoms with Crippen molar-refractivity contribution >= 4 is 22.6 Å². The molecule has 0 aliphatic heterocycles. The average Bonchev–Trinajstić information content (AvgIpc) is 3.00. The Morgan fingerprint density at radius 3 is 2.82 bits per heavy atom. The maximum atomic E-state index is 5.99. The highest BCUT2D eigenvalue weighted by molar-refractivity contribution is 6.28. The van der Waals surface area contributed by atoms with Crippen LogP contribution < -0.4 is 5.32 Å². The van der Waals surface area contributed by atoms with E-state index in [4.69, 9.17) is 11.6 Å². The van der Waals surface area contributed by atoms with Gasteiger partial charge in [0.15, 0.2) is 0 Å². The molecule has 0 bridgehead atoms. The van der Waals surface area contributed by atoms with Crippen molar-refractivity contribution in [3.8, 4) is 0 Å². The lowest BCUT2D eigenvalue weighted by Gasteiger charge is -2.15. The second kappa shape index (κ2) is 6.10. The second-order valence-corrected chi connectivity index (χ2v) is 5.82. The van der Waals surface area contributed by atoms with Crippen molar-refractivity contribution in [1.82, 2.24) is 24.4 Å². The van der Waals surface area contributed by atoms with Crippen LogP contribution in [0.4, 0.5) is 0 Å². The van der Waals surface area contributed by atoms with Crippen LogP contribution in [0.3, 0.4) is 0 Å². The fourth-order valence-electron chi connectivity index (χ4n) is 2.78. The number of hydrogen-bond acceptors (Lipinski definition) is 3. The number of rotatable bonds is 5. The summed E-state index contributed by atoms with van der Waals surface area (Å²) in [4.78, 5) is 8.71.